The minimum atomic E-state index is -5.39. The van der Waals surface area contributed by atoms with Crippen molar-refractivity contribution in [2.45, 2.75) is 25.3 Å². The third-order valence-corrected chi connectivity index (χ3v) is 2.10. The third-order valence-electron chi connectivity index (χ3n) is 2.10. The molecular formula is C10H9F6N. The smallest absolute Gasteiger partial charge is 0.366 e. The molecule has 1 rings (SSSR count). The Morgan fingerprint density at radius 1 is 0.941 bits per heavy atom. The van der Waals surface area contributed by atoms with Crippen LogP contribution in [-0.4, -0.2) is 18.4 Å². The van der Waals surface area contributed by atoms with Crippen LogP contribution >= 0.6 is 0 Å². The first-order chi connectivity index (χ1) is 7.62. The fourth-order valence-electron chi connectivity index (χ4n) is 1.24. The number of halogens is 6. The fourth-order valence-corrected chi connectivity index (χ4v) is 1.24. The molecular weight excluding hydrogens is 248 g/mol. The Labute approximate surface area is 93.4 Å². The first-order valence-electron chi connectivity index (χ1n) is 4.58. The SMILES string of the molecule is Cc1ccccc1NC(C(F)(F)F)C(F)(F)F. The van der Waals surface area contributed by atoms with Crippen molar-refractivity contribution >= 4 is 5.69 Å². The lowest BCUT2D eigenvalue weighted by Gasteiger charge is -2.25. The highest BCUT2D eigenvalue weighted by Gasteiger charge is 2.56. The molecule has 0 aliphatic rings. The topological polar surface area (TPSA) is 12.0 Å². The van der Waals surface area contributed by atoms with Crippen LogP contribution in [0, 0.1) is 6.92 Å². The molecule has 1 nitrogen and oxygen atoms in total. The average Bonchev–Trinajstić information content (AvgIpc) is 2.12. The fraction of sp³-hybridized carbons (Fsp3) is 0.400. The molecule has 0 aliphatic heterocycles. The van der Waals surface area contributed by atoms with Gasteiger partial charge >= 0.3 is 12.4 Å². The van der Waals surface area contributed by atoms with Gasteiger partial charge in [-0.15, -0.1) is 0 Å². The zero-order valence-corrected chi connectivity index (χ0v) is 8.65. The molecule has 0 aliphatic carbocycles. The van der Waals surface area contributed by atoms with Crippen molar-refractivity contribution in [3.63, 3.8) is 0 Å². The van der Waals surface area contributed by atoms with Crippen LogP contribution in [0.4, 0.5) is 32.0 Å². The highest BCUT2D eigenvalue weighted by atomic mass is 19.4. The number of nitrogens with one attached hydrogen (secondary N) is 1. The van der Waals surface area contributed by atoms with E-state index >= 15 is 0 Å². The van der Waals surface area contributed by atoms with Crippen LogP contribution < -0.4 is 5.32 Å². The van der Waals surface area contributed by atoms with Crippen molar-refractivity contribution in [2.24, 2.45) is 0 Å². The first-order valence-corrected chi connectivity index (χ1v) is 4.58. The largest absolute Gasteiger partial charge is 0.417 e. The van der Waals surface area contributed by atoms with Crippen LogP contribution in [0.3, 0.4) is 0 Å². The maximum atomic E-state index is 12.3. The van der Waals surface area contributed by atoms with Gasteiger partial charge in [0, 0.05) is 5.69 Å². The van der Waals surface area contributed by atoms with E-state index in [9.17, 15) is 26.3 Å². The summed E-state index contributed by atoms with van der Waals surface area (Å²) in [4.78, 5) is 0. The summed E-state index contributed by atoms with van der Waals surface area (Å²) in [6.07, 6.45) is -10.8. The van der Waals surface area contributed by atoms with Gasteiger partial charge in [0.2, 0.25) is 6.04 Å². The van der Waals surface area contributed by atoms with Crippen molar-refractivity contribution in [2.75, 3.05) is 5.32 Å². The van der Waals surface area contributed by atoms with Crippen LogP contribution in [0.5, 0.6) is 0 Å². The van der Waals surface area contributed by atoms with Gasteiger partial charge in [-0.3, -0.25) is 0 Å². The molecule has 0 fully saturated rings. The van der Waals surface area contributed by atoms with Gasteiger partial charge in [0.05, 0.1) is 0 Å². The van der Waals surface area contributed by atoms with Gasteiger partial charge in [-0.05, 0) is 18.6 Å². The van der Waals surface area contributed by atoms with E-state index < -0.39 is 18.4 Å². The first kappa shape index (κ1) is 13.7. The third kappa shape index (κ3) is 3.54. The molecule has 1 N–H and O–H groups in total. The van der Waals surface area contributed by atoms with Gasteiger partial charge in [-0.25, -0.2) is 0 Å². The van der Waals surface area contributed by atoms with E-state index in [0.717, 1.165) is 0 Å². The normalized spacial score (nSPS) is 12.9. The molecule has 0 spiro atoms. The second-order valence-electron chi connectivity index (χ2n) is 3.48. The lowest BCUT2D eigenvalue weighted by atomic mass is 10.1. The molecule has 0 atom stereocenters. The zero-order valence-electron chi connectivity index (χ0n) is 8.65. The summed E-state index contributed by atoms with van der Waals surface area (Å²) in [7, 11) is 0. The van der Waals surface area contributed by atoms with Crippen molar-refractivity contribution in [1.29, 1.82) is 0 Å². The van der Waals surface area contributed by atoms with Crippen LogP contribution in [0.25, 0.3) is 0 Å². The molecule has 0 saturated carbocycles. The monoisotopic (exact) mass is 257 g/mol. The van der Waals surface area contributed by atoms with Crippen LogP contribution in [0.2, 0.25) is 0 Å². The van der Waals surface area contributed by atoms with E-state index in [1.165, 1.54) is 36.5 Å². The summed E-state index contributed by atoms with van der Waals surface area (Å²) in [5.74, 6) is 0. The zero-order chi connectivity index (χ0) is 13.3. The predicted octanol–water partition coefficient (Wildman–Crippen LogP) is 3.90. The van der Waals surface area contributed by atoms with Crippen molar-refractivity contribution < 1.29 is 26.3 Å². The second-order valence-corrected chi connectivity index (χ2v) is 3.48. The number of alkyl halides is 6. The average molecular weight is 257 g/mol. The Kier molecular flexibility index (Phi) is 3.59. The van der Waals surface area contributed by atoms with Gasteiger partial charge < -0.3 is 5.32 Å². The summed E-state index contributed by atoms with van der Waals surface area (Å²) in [6.45, 7) is 1.42. The van der Waals surface area contributed by atoms with Crippen LogP contribution in [-0.2, 0) is 0 Å². The molecule has 17 heavy (non-hydrogen) atoms. The number of aryl methyl sites for hydroxylation is 1. The van der Waals surface area contributed by atoms with Gasteiger partial charge in [0.15, 0.2) is 0 Å². The van der Waals surface area contributed by atoms with E-state index in [2.05, 4.69) is 0 Å². The van der Waals surface area contributed by atoms with Gasteiger partial charge in [-0.1, -0.05) is 18.2 Å². The quantitative estimate of drug-likeness (QED) is 0.792. The van der Waals surface area contributed by atoms with E-state index in [4.69, 9.17) is 0 Å². The summed E-state index contributed by atoms with van der Waals surface area (Å²) >= 11 is 0. The summed E-state index contributed by atoms with van der Waals surface area (Å²) < 4.78 is 73.5. The second kappa shape index (κ2) is 4.46. The summed E-state index contributed by atoms with van der Waals surface area (Å²) in [6, 6.07) is 1.91. The standard InChI is InChI=1S/C10H9F6N/c1-6-4-2-3-5-7(6)17-8(9(11,12)13)10(14,15)16/h2-5,8,17H,1H3. The van der Waals surface area contributed by atoms with E-state index in [1.807, 2.05) is 0 Å². The van der Waals surface area contributed by atoms with E-state index in [0.29, 0.717) is 5.56 Å². The minimum absolute atomic E-state index is 0.188. The van der Waals surface area contributed by atoms with Gasteiger partial charge in [0.1, 0.15) is 0 Å². The maximum absolute atomic E-state index is 12.3. The van der Waals surface area contributed by atoms with E-state index in [-0.39, 0.29) is 5.69 Å². The number of para-hydroxylation sites is 1. The molecule has 7 heteroatoms. The molecule has 0 bridgehead atoms. The Hall–Kier alpha value is -1.40. The van der Waals surface area contributed by atoms with Crippen molar-refractivity contribution in [1.82, 2.24) is 0 Å². The Bertz CT molecular complexity index is 367. The predicted molar refractivity (Wildman–Crippen MR) is 50.7 cm³/mol. The molecule has 1 aromatic carbocycles. The summed E-state index contributed by atoms with van der Waals surface area (Å²) in [5, 5.41) is 1.48. The van der Waals surface area contributed by atoms with Gasteiger partial charge in [0.25, 0.3) is 0 Å². The number of anilines is 1. The lowest BCUT2D eigenvalue weighted by molar-refractivity contribution is -0.242. The molecule has 96 valence electrons. The summed E-state index contributed by atoms with van der Waals surface area (Å²) in [5.41, 5.74) is 0.123. The van der Waals surface area contributed by atoms with Crippen LogP contribution in [0.1, 0.15) is 5.56 Å². The highest BCUT2D eigenvalue weighted by molar-refractivity contribution is 5.51. The Morgan fingerprint density at radius 2 is 1.41 bits per heavy atom. The lowest BCUT2D eigenvalue weighted by Crippen LogP contribution is -2.48. The molecule has 0 radical (unpaired) electrons. The molecule has 0 unspecified atom stereocenters. The molecule has 0 saturated heterocycles. The van der Waals surface area contributed by atoms with Gasteiger partial charge in [-0.2, -0.15) is 26.3 Å². The molecule has 0 aromatic heterocycles. The van der Waals surface area contributed by atoms with Crippen LogP contribution in [0.15, 0.2) is 24.3 Å². The Morgan fingerprint density at radius 3 is 1.82 bits per heavy atom. The van der Waals surface area contributed by atoms with Crippen molar-refractivity contribution in [3.8, 4) is 0 Å². The van der Waals surface area contributed by atoms with Crippen molar-refractivity contribution in [3.05, 3.63) is 29.8 Å². The van der Waals surface area contributed by atoms with E-state index in [1.54, 1.807) is 0 Å². The minimum Gasteiger partial charge on any atom is -0.366 e. The molecule has 0 heterocycles. The maximum Gasteiger partial charge on any atom is 0.417 e. The highest BCUT2D eigenvalue weighted by Crippen LogP contribution is 2.35. The molecule has 0 amide bonds. The number of rotatable bonds is 2. The number of hydrogen-bond acceptors (Lipinski definition) is 1. The molecule has 1 aromatic rings. The Balaban J connectivity index is 3.00. The number of hydrogen-bond donors (Lipinski definition) is 1. The number of benzene rings is 1.